The molecule has 0 atom stereocenters. The van der Waals surface area contributed by atoms with Crippen molar-refractivity contribution in [2.45, 2.75) is 13.5 Å². The minimum Gasteiger partial charge on any atom is -0.497 e. The molecular formula is C24H21N3O4. The maximum absolute atomic E-state index is 12.6. The monoisotopic (exact) mass is 415 g/mol. The molecule has 0 aliphatic heterocycles. The molecule has 7 nitrogen and oxygen atoms in total. The minimum absolute atomic E-state index is 0.0889. The predicted molar refractivity (Wildman–Crippen MR) is 118 cm³/mol. The van der Waals surface area contributed by atoms with E-state index in [1.165, 1.54) is 10.5 Å². The average molecular weight is 415 g/mol. The van der Waals surface area contributed by atoms with Crippen molar-refractivity contribution >= 4 is 17.2 Å². The Morgan fingerprint density at radius 2 is 1.90 bits per heavy atom. The average Bonchev–Trinajstić information content (AvgIpc) is 2.79. The first-order chi connectivity index (χ1) is 15.0. The number of nitrogens with zero attached hydrogens (tertiary/aromatic N) is 2. The molecule has 0 unspecified atom stereocenters. The molecule has 2 heterocycles. The van der Waals surface area contributed by atoms with Gasteiger partial charge in [0, 0.05) is 17.8 Å². The zero-order valence-electron chi connectivity index (χ0n) is 17.2. The summed E-state index contributed by atoms with van der Waals surface area (Å²) in [5, 5.41) is 2.86. The van der Waals surface area contributed by atoms with E-state index in [0.717, 1.165) is 5.56 Å². The van der Waals surface area contributed by atoms with Gasteiger partial charge in [-0.1, -0.05) is 24.3 Å². The van der Waals surface area contributed by atoms with Crippen molar-refractivity contribution in [3.8, 4) is 11.5 Å². The molecule has 7 heteroatoms. The van der Waals surface area contributed by atoms with Crippen LogP contribution in [0.15, 0.2) is 77.7 Å². The lowest BCUT2D eigenvalue weighted by molar-refractivity contribution is 0.102. The Morgan fingerprint density at radius 1 is 1.06 bits per heavy atom. The highest BCUT2D eigenvalue weighted by molar-refractivity contribution is 6.05. The number of aryl methyl sites for hydroxylation is 1. The van der Waals surface area contributed by atoms with Crippen LogP contribution >= 0.6 is 0 Å². The summed E-state index contributed by atoms with van der Waals surface area (Å²) >= 11 is 0. The molecule has 0 bridgehead atoms. The quantitative estimate of drug-likeness (QED) is 0.517. The molecule has 2 aromatic heterocycles. The molecule has 0 radical (unpaired) electrons. The Hall–Kier alpha value is -4.13. The lowest BCUT2D eigenvalue weighted by Crippen LogP contribution is -2.17. The molecule has 1 N–H and O–H groups in total. The summed E-state index contributed by atoms with van der Waals surface area (Å²) in [6.07, 6.45) is 1.75. The number of nitrogens with one attached hydrogen (secondary N) is 1. The van der Waals surface area contributed by atoms with Gasteiger partial charge in [-0.3, -0.25) is 14.0 Å². The summed E-state index contributed by atoms with van der Waals surface area (Å²) in [6.45, 7) is 2.01. The van der Waals surface area contributed by atoms with Gasteiger partial charge in [0.1, 0.15) is 23.8 Å². The molecule has 156 valence electrons. The van der Waals surface area contributed by atoms with Crippen LogP contribution in [0.3, 0.4) is 0 Å². The largest absolute Gasteiger partial charge is 0.497 e. The summed E-state index contributed by atoms with van der Waals surface area (Å²) in [5.74, 6) is 0.790. The number of pyridine rings is 1. The first kappa shape index (κ1) is 20.2. The third-order valence-electron chi connectivity index (χ3n) is 4.70. The standard InChI is InChI=1S/C24H21N3O4/c1-16-10-11-22-25-18(13-23(28)27(22)14-16)15-31-21-9-4-3-8-20(21)26-24(29)17-6-5-7-19(12-17)30-2/h3-14H,15H2,1-2H3,(H,26,29). The fourth-order valence-electron chi connectivity index (χ4n) is 3.14. The van der Waals surface area contributed by atoms with Gasteiger partial charge in [0.25, 0.3) is 11.5 Å². The van der Waals surface area contributed by atoms with Crippen LogP contribution in [0.2, 0.25) is 0 Å². The second-order valence-electron chi connectivity index (χ2n) is 6.99. The van der Waals surface area contributed by atoms with Crippen LogP contribution in [0.4, 0.5) is 5.69 Å². The first-order valence-electron chi connectivity index (χ1n) is 9.70. The van der Waals surface area contributed by atoms with E-state index in [0.29, 0.717) is 34.1 Å². The number of methoxy groups -OCH3 is 1. The summed E-state index contributed by atoms with van der Waals surface area (Å²) < 4.78 is 12.6. The number of carbonyl (C=O) groups is 1. The number of aromatic nitrogens is 2. The molecule has 4 aromatic rings. The van der Waals surface area contributed by atoms with Gasteiger partial charge in [-0.25, -0.2) is 4.98 Å². The maximum Gasteiger partial charge on any atom is 0.258 e. The smallest absolute Gasteiger partial charge is 0.258 e. The molecule has 0 aliphatic rings. The normalized spacial score (nSPS) is 10.6. The number of ether oxygens (including phenoxy) is 2. The van der Waals surface area contributed by atoms with Crippen molar-refractivity contribution in [1.82, 2.24) is 9.38 Å². The molecule has 0 saturated heterocycles. The van der Waals surface area contributed by atoms with E-state index >= 15 is 0 Å². The van der Waals surface area contributed by atoms with Crippen molar-refractivity contribution in [2.75, 3.05) is 12.4 Å². The van der Waals surface area contributed by atoms with E-state index in [1.54, 1.807) is 61.8 Å². The summed E-state index contributed by atoms with van der Waals surface area (Å²) in [6, 6.07) is 19.1. The topological polar surface area (TPSA) is 81.9 Å². The fraction of sp³-hybridized carbons (Fsp3) is 0.125. The second kappa shape index (κ2) is 8.71. The molecule has 2 aromatic carbocycles. The number of amides is 1. The van der Waals surface area contributed by atoms with Crippen LogP contribution < -0.4 is 20.3 Å². The highest BCUT2D eigenvalue weighted by atomic mass is 16.5. The van der Waals surface area contributed by atoms with Gasteiger partial charge in [-0.2, -0.15) is 0 Å². The summed E-state index contributed by atoms with van der Waals surface area (Å²) in [7, 11) is 1.55. The van der Waals surface area contributed by atoms with Crippen LogP contribution in [-0.2, 0) is 6.61 Å². The summed E-state index contributed by atoms with van der Waals surface area (Å²) in [4.78, 5) is 29.5. The van der Waals surface area contributed by atoms with Crippen LogP contribution in [0.25, 0.3) is 5.65 Å². The third-order valence-corrected chi connectivity index (χ3v) is 4.70. The third kappa shape index (κ3) is 4.56. The zero-order chi connectivity index (χ0) is 21.8. The second-order valence-corrected chi connectivity index (χ2v) is 6.99. The van der Waals surface area contributed by atoms with Crippen LogP contribution in [0.5, 0.6) is 11.5 Å². The molecule has 0 fully saturated rings. The number of carbonyl (C=O) groups excluding carboxylic acids is 1. The van der Waals surface area contributed by atoms with Crippen LogP contribution in [0.1, 0.15) is 21.6 Å². The maximum atomic E-state index is 12.6. The SMILES string of the molecule is COc1cccc(C(=O)Nc2ccccc2OCc2cc(=O)n3cc(C)ccc3n2)c1. The van der Waals surface area contributed by atoms with E-state index in [2.05, 4.69) is 10.3 Å². The van der Waals surface area contributed by atoms with Gasteiger partial charge in [-0.15, -0.1) is 0 Å². The number of hydrogen-bond donors (Lipinski definition) is 1. The van der Waals surface area contributed by atoms with Crippen LogP contribution in [0, 0.1) is 6.92 Å². The van der Waals surface area contributed by atoms with Crippen LogP contribution in [-0.4, -0.2) is 22.4 Å². The number of rotatable bonds is 6. The van der Waals surface area contributed by atoms with Crippen molar-refractivity contribution in [3.63, 3.8) is 0 Å². The van der Waals surface area contributed by atoms with Crippen molar-refractivity contribution < 1.29 is 14.3 Å². The Kier molecular flexibility index (Phi) is 5.66. The van der Waals surface area contributed by atoms with E-state index in [4.69, 9.17) is 9.47 Å². The van der Waals surface area contributed by atoms with E-state index in [-0.39, 0.29) is 18.1 Å². The number of fused-ring (bicyclic) bond motifs is 1. The Balaban J connectivity index is 1.53. The lowest BCUT2D eigenvalue weighted by atomic mass is 10.2. The van der Waals surface area contributed by atoms with Gasteiger partial charge in [0.15, 0.2) is 0 Å². The van der Waals surface area contributed by atoms with Crippen molar-refractivity contribution in [1.29, 1.82) is 0 Å². The number of para-hydroxylation sites is 2. The molecule has 0 aliphatic carbocycles. The molecule has 0 spiro atoms. The van der Waals surface area contributed by atoms with Gasteiger partial charge in [-0.05, 0) is 48.9 Å². The number of benzene rings is 2. The molecular weight excluding hydrogens is 394 g/mol. The first-order valence-corrected chi connectivity index (χ1v) is 9.70. The predicted octanol–water partition coefficient (Wildman–Crippen LogP) is 3.84. The Morgan fingerprint density at radius 3 is 2.74 bits per heavy atom. The van der Waals surface area contributed by atoms with E-state index < -0.39 is 0 Å². The van der Waals surface area contributed by atoms with Gasteiger partial charge >= 0.3 is 0 Å². The highest BCUT2D eigenvalue weighted by Gasteiger charge is 2.11. The zero-order valence-corrected chi connectivity index (χ0v) is 17.2. The molecule has 0 saturated carbocycles. The molecule has 1 amide bonds. The van der Waals surface area contributed by atoms with Crippen molar-refractivity contribution in [2.24, 2.45) is 0 Å². The summed E-state index contributed by atoms with van der Waals surface area (Å²) in [5.41, 5.74) is 2.84. The lowest BCUT2D eigenvalue weighted by Gasteiger charge is -2.13. The number of hydrogen-bond acceptors (Lipinski definition) is 5. The van der Waals surface area contributed by atoms with E-state index in [1.807, 2.05) is 19.1 Å². The molecule has 31 heavy (non-hydrogen) atoms. The van der Waals surface area contributed by atoms with Crippen molar-refractivity contribution in [3.05, 3.63) is 100 Å². The number of anilines is 1. The van der Waals surface area contributed by atoms with Gasteiger partial charge in [0.2, 0.25) is 0 Å². The Labute approximate surface area is 178 Å². The Bertz CT molecular complexity index is 1310. The molecule has 4 rings (SSSR count). The highest BCUT2D eigenvalue weighted by Crippen LogP contribution is 2.25. The van der Waals surface area contributed by atoms with E-state index in [9.17, 15) is 9.59 Å². The van der Waals surface area contributed by atoms with Gasteiger partial charge in [0.05, 0.1) is 18.5 Å². The van der Waals surface area contributed by atoms with Gasteiger partial charge < -0.3 is 14.8 Å². The minimum atomic E-state index is -0.285. The fourth-order valence-corrected chi connectivity index (χ4v) is 3.14.